The molecule has 1 unspecified atom stereocenters. The van der Waals surface area contributed by atoms with Gasteiger partial charge in [-0.1, -0.05) is 19.3 Å². The van der Waals surface area contributed by atoms with Crippen LogP contribution >= 0.6 is 0 Å². The molecule has 1 rings (SSSR count). The number of nitrogens with one attached hydrogen (secondary N) is 1. The molecule has 1 fully saturated rings. The van der Waals surface area contributed by atoms with E-state index in [0.717, 1.165) is 6.42 Å². The van der Waals surface area contributed by atoms with Gasteiger partial charge in [0, 0.05) is 0 Å². The van der Waals surface area contributed by atoms with E-state index >= 15 is 0 Å². The Labute approximate surface area is 116 Å². The lowest BCUT2D eigenvalue weighted by Crippen LogP contribution is -2.62. The Balaban J connectivity index is 2.87. The van der Waals surface area contributed by atoms with Crippen molar-refractivity contribution in [2.45, 2.75) is 76.3 Å². The van der Waals surface area contributed by atoms with Gasteiger partial charge in [-0.05, 0) is 33.6 Å². The van der Waals surface area contributed by atoms with E-state index in [1.807, 2.05) is 0 Å². The van der Waals surface area contributed by atoms with Crippen molar-refractivity contribution < 1.29 is 27.8 Å². The Morgan fingerprint density at radius 2 is 1.70 bits per heavy atom. The molecule has 7 heteroatoms. The fraction of sp³-hybridized carbons (Fsp3) is 0.923. The second kappa shape index (κ2) is 5.79. The number of halogens is 3. The smallest absolute Gasteiger partial charge is 0.416 e. The number of alkyl carbamates (subject to hydrolysis) is 1. The monoisotopic (exact) mass is 297 g/mol. The van der Waals surface area contributed by atoms with Crippen LogP contribution < -0.4 is 5.32 Å². The van der Waals surface area contributed by atoms with Crippen molar-refractivity contribution in [1.29, 1.82) is 0 Å². The maximum Gasteiger partial charge on any atom is 0.416 e. The van der Waals surface area contributed by atoms with E-state index in [1.165, 1.54) is 0 Å². The fourth-order valence-electron chi connectivity index (χ4n) is 2.47. The zero-order valence-electron chi connectivity index (χ0n) is 12.0. The van der Waals surface area contributed by atoms with E-state index in [2.05, 4.69) is 5.32 Å². The van der Waals surface area contributed by atoms with Crippen LogP contribution in [0.4, 0.5) is 18.0 Å². The molecule has 0 aromatic carbocycles. The van der Waals surface area contributed by atoms with Crippen LogP contribution in [0.1, 0.15) is 52.9 Å². The van der Waals surface area contributed by atoms with E-state index < -0.39 is 29.5 Å². The van der Waals surface area contributed by atoms with Gasteiger partial charge in [0.1, 0.15) is 5.60 Å². The number of carbonyl (C=O) groups is 1. The molecule has 1 aliphatic rings. The summed E-state index contributed by atoms with van der Waals surface area (Å²) in [6.45, 7) is 4.88. The predicted octanol–water partition coefficient (Wildman–Crippen LogP) is 3.14. The maximum absolute atomic E-state index is 12.8. The minimum Gasteiger partial charge on any atom is -0.444 e. The van der Waals surface area contributed by atoms with Crippen molar-refractivity contribution in [3.05, 3.63) is 0 Å². The molecule has 0 aromatic heterocycles. The molecule has 20 heavy (non-hydrogen) atoms. The van der Waals surface area contributed by atoms with Crippen molar-refractivity contribution in [2.75, 3.05) is 0 Å². The van der Waals surface area contributed by atoms with E-state index in [4.69, 9.17) is 4.74 Å². The zero-order chi connectivity index (χ0) is 15.6. The van der Waals surface area contributed by atoms with Gasteiger partial charge in [0.15, 0.2) is 6.10 Å². The molecular weight excluding hydrogens is 275 g/mol. The molecule has 2 N–H and O–H groups in total. The highest BCUT2D eigenvalue weighted by Crippen LogP contribution is 2.38. The first-order valence-corrected chi connectivity index (χ1v) is 6.72. The molecule has 118 valence electrons. The summed E-state index contributed by atoms with van der Waals surface area (Å²) >= 11 is 0. The molecule has 0 spiro atoms. The molecule has 0 heterocycles. The Kier molecular flexibility index (Phi) is 4.94. The van der Waals surface area contributed by atoms with Crippen molar-refractivity contribution in [2.24, 2.45) is 0 Å². The van der Waals surface area contributed by atoms with Crippen molar-refractivity contribution in [1.82, 2.24) is 5.32 Å². The average molecular weight is 297 g/mol. The first-order chi connectivity index (χ1) is 8.96. The van der Waals surface area contributed by atoms with E-state index in [1.54, 1.807) is 20.8 Å². The largest absolute Gasteiger partial charge is 0.444 e. The second-order valence-electron chi connectivity index (χ2n) is 6.29. The predicted molar refractivity (Wildman–Crippen MR) is 67.2 cm³/mol. The molecule has 1 saturated carbocycles. The highest BCUT2D eigenvalue weighted by molar-refractivity contribution is 5.69. The lowest BCUT2D eigenvalue weighted by Gasteiger charge is -2.42. The number of amides is 1. The highest BCUT2D eigenvalue weighted by atomic mass is 19.4. The summed E-state index contributed by atoms with van der Waals surface area (Å²) in [7, 11) is 0. The first-order valence-electron chi connectivity index (χ1n) is 6.72. The SMILES string of the molecule is CC(C)(C)OC(=O)NC1(C(O)C(F)(F)F)CCCCC1. The summed E-state index contributed by atoms with van der Waals surface area (Å²) in [5.41, 5.74) is -2.48. The van der Waals surface area contributed by atoms with Crippen molar-refractivity contribution in [3.8, 4) is 0 Å². The van der Waals surface area contributed by atoms with Crippen LogP contribution in [-0.4, -0.2) is 34.6 Å². The van der Waals surface area contributed by atoms with Gasteiger partial charge >= 0.3 is 12.3 Å². The number of ether oxygens (including phenoxy) is 1. The van der Waals surface area contributed by atoms with Crippen LogP contribution in [0.25, 0.3) is 0 Å². The molecule has 1 amide bonds. The molecule has 4 nitrogen and oxygen atoms in total. The first kappa shape index (κ1) is 17.1. The van der Waals surface area contributed by atoms with Gasteiger partial charge in [-0.25, -0.2) is 4.79 Å². The van der Waals surface area contributed by atoms with Gasteiger partial charge in [-0.2, -0.15) is 13.2 Å². The number of alkyl halides is 3. The van der Waals surface area contributed by atoms with E-state index in [-0.39, 0.29) is 12.8 Å². The second-order valence-corrected chi connectivity index (χ2v) is 6.29. The molecule has 1 aliphatic carbocycles. The van der Waals surface area contributed by atoms with Gasteiger partial charge in [-0.3, -0.25) is 0 Å². The number of rotatable bonds is 2. The van der Waals surface area contributed by atoms with E-state index in [9.17, 15) is 23.1 Å². The molecule has 0 bridgehead atoms. The van der Waals surface area contributed by atoms with E-state index in [0.29, 0.717) is 12.8 Å². The molecule has 0 radical (unpaired) electrons. The molecule has 0 aromatic rings. The highest BCUT2D eigenvalue weighted by Gasteiger charge is 2.54. The summed E-state index contributed by atoms with van der Waals surface area (Å²) in [5, 5.41) is 11.9. The Hall–Kier alpha value is -0.980. The average Bonchev–Trinajstić information content (AvgIpc) is 2.25. The Bertz CT molecular complexity index is 344. The lowest BCUT2D eigenvalue weighted by molar-refractivity contribution is -0.230. The third-order valence-electron chi connectivity index (χ3n) is 3.33. The molecule has 1 atom stereocenters. The Morgan fingerprint density at radius 1 is 1.20 bits per heavy atom. The zero-order valence-corrected chi connectivity index (χ0v) is 12.0. The van der Waals surface area contributed by atoms with Gasteiger partial charge < -0.3 is 15.2 Å². The van der Waals surface area contributed by atoms with Crippen LogP contribution in [0.5, 0.6) is 0 Å². The summed E-state index contributed by atoms with van der Waals surface area (Å²) in [5.74, 6) is 0. The number of carbonyl (C=O) groups excluding carboxylic acids is 1. The van der Waals surface area contributed by atoms with Crippen molar-refractivity contribution >= 4 is 6.09 Å². The number of aliphatic hydroxyl groups excluding tert-OH is 1. The number of aliphatic hydroxyl groups is 1. The fourth-order valence-corrected chi connectivity index (χ4v) is 2.47. The van der Waals surface area contributed by atoms with Crippen LogP contribution in [0.2, 0.25) is 0 Å². The third-order valence-corrected chi connectivity index (χ3v) is 3.33. The lowest BCUT2D eigenvalue weighted by atomic mass is 9.77. The topological polar surface area (TPSA) is 58.6 Å². The number of hydrogen-bond acceptors (Lipinski definition) is 3. The van der Waals surface area contributed by atoms with Crippen molar-refractivity contribution in [3.63, 3.8) is 0 Å². The molecule has 0 aliphatic heterocycles. The molecule has 0 saturated heterocycles. The van der Waals surface area contributed by atoms with Crippen LogP contribution in [-0.2, 0) is 4.74 Å². The minimum atomic E-state index is -4.77. The van der Waals surface area contributed by atoms with Gasteiger partial charge in [0.05, 0.1) is 5.54 Å². The molecular formula is C13H22F3NO3. The minimum absolute atomic E-state index is 0.0902. The van der Waals surface area contributed by atoms with Crippen LogP contribution in [0, 0.1) is 0 Å². The maximum atomic E-state index is 12.8. The summed E-state index contributed by atoms with van der Waals surface area (Å²) < 4.78 is 43.5. The standard InChI is InChI=1S/C13H22F3NO3/c1-11(2,3)20-10(19)17-12(7-5-4-6-8-12)9(18)13(14,15)16/h9,18H,4-8H2,1-3H3,(H,17,19). The van der Waals surface area contributed by atoms with Gasteiger partial charge in [-0.15, -0.1) is 0 Å². The van der Waals surface area contributed by atoms with Gasteiger partial charge in [0.2, 0.25) is 0 Å². The quantitative estimate of drug-likeness (QED) is 0.823. The Morgan fingerprint density at radius 3 is 2.10 bits per heavy atom. The van der Waals surface area contributed by atoms with Crippen LogP contribution in [0.3, 0.4) is 0 Å². The number of hydrogen-bond donors (Lipinski definition) is 2. The normalized spacial score (nSPS) is 21.1. The summed E-state index contributed by atoms with van der Waals surface area (Å²) in [6, 6.07) is 0. The van der Waals surface area contributed by atoms with Gasteiger partial charge in [0.25, 0.3) is 0 Å². The third kappa shape index (κ3) is 4.54. The summed E-state index contributed by atoms with van der Waals surface area (Å²) in [6.07, 6.45) is -6.24. The van der Waals surface area contributed by atoms with Crippen LogP contribution in [0.15, 0.2) is 0 Å². The summed E-state index contributed by atoms with van der Waals surface area (Å²) in [4.78, 5) is 11.8.